The summed E-state index contributed by atoms with van der Waals surface area (Å²) in [6, 6.07) is 14.5. The summed E-state index contributed by atoms with van der Waals surface area (Å²) in [6.45, 7) is 8.17. The van der Waals surface area contributed by atoms with Crippen LogP contribution in [0.5, 0.6) is 0 Å². The number of nitrogens with one attached hydrogen (secondary N) is 2. The second-order valence-electron chi connectivity index (χ2n) is 9.28. The highest BCUT2D eigenvalue weighted by molar-refractivity contribution is 6.16. The highest BCUT2D eigenvalue weighted by Crippen LogP contribution is 2.31. The van der Waals surface area contributed by atoms with Crippen LogP contribution in [-0.2, 0) is 11.2 Å². The van der Waals surface area contributed by atoms with Crippen LogP contribution in [0.4, 0.5) is 0 Å². The molecule has 190 valence electrons. The number of carbonyl (C=O) groups excluding carboxylic acids is 1. The summed E-state index contributed by atoms with van der Waals surface area (Å²) in [6.07, 6.45) is 11.2. The number of nitrogens with zero attached hydrogens (tertiary/aromatic N) is 4. The minimum atomic E-state index is -0.00499. The summed E-state index contributed by atoms with van der Waals surface area (Å²) in [5.74, 6) is -0.00499. The van der Waals surface area contributed by atoms with Gasteiger partial charge >= 0.3 is 0 Å². The molecule has 1 aromatic carbocycles. The largest absolute Gasteiger partial charge is 0.353 e. The van der Waals surface area contributed by atoms with Crippen molar-refractivity contribution < 1.29 is 4.79 Å². The molecule has 1 aliphatic rings. The lowest BCUT2D eigenvalue weighted by molar-refractivity contribution is -0.120. The molecule has 5 rings (SSSR count). The third-order valence-corrected chi connectivity index (χ3v) is 6.49. The zero-order valence-electron chi connectivity index (χ0n) is 21.7. The molecular weight excluding hydrogens is 472 g/mol. The van der Waals surface area contributed by atoms with Gasteiger partial charge in [-0.3, -0.25) is 24.7 Å². The van der Waals surface area contributed by atoms with E-state index in [1.165, 1.54) is 0 Å². The van der Waals surface area contributed by atoms with Crippen molar-refractivity contribution in [2.24, 2.45) is 9.98 Å². The lowest BCUT2D eigenvalue weighted by Crippen LogP contribution is -2.20. The van der Waals surface area contributed by atoms with E-state index < -0.39 is 0 Å². The molecule has 4 aromatic rings. The summed E-state index contributed by atoms with van der Waals surface area (Å²) in [4.78, 5) is 33.6. The van der Waals surface area contributed by atoms with Crippen LogP contribution in [0.1, 0.15) is 49.2 Å². The van der Waals surface area contributed by atoms with Gasteiger partial charge in [-0.1, -0.05) is 25.1 Å². The van der Waals surface area contributed by atoms with E-state index in [0.29, 0.717) is 13.0 Å². The molecule has 2 N–H and O–H groups in total. The average Bonchev–Trinajstić information content (AvgIpc) is 3.37. The van der Waals surface area contributed by atoms with Gasteiger partial charge in [0.1, 0.15) is 0 Å². The van der Waals surface area contributed by atoms with E-state index in [9.17, 15) is 4.79 Å². The summed E-state index contributed by atoms with van der Waals surface area (Å²) in [5, 5.41) is 4.05. The van der Waals surface area contributed by atoms with E-state index in [1.54, 1.807) is 12.4 Å². The Kier molecular flexibility index (Phi) is 7.35. The number of aliphatic imine (C=N–C) groups is 2. The Labute approximate surface area is 222 Å². The maximum absolute atomic E-state index is 12.1. The van der Waals surface area contributed by atoms with Gasteiger partial charge in [-0.15, -0.1) is 0 Å². The summed E-state index contributed by atoms with van der Waals surface area (Å²) in [5.41, 5.74) is 9.48. The van der Waals surface area contributed by atoms with Crippen LogP contribution in [0.2, 0.25) is 0 Å². The van der Waals surface area contributed by atoms with Gasteiger partial charge in [0, 0.05) is 83.0 Å². The lowest BCUT2D eigenvalue weighted by atomic mass is 9.96. The molecule has 0 fully saturated rings. The Morgan fingerprint density at radius 2 is 2.08 bits per heavy atom. The molecule has 7 heteroatoms. The minimum absolute atomic E-state index is 0.00499. The number of amides is 1. The quantitative estimate of drug-likeness (QED) is 0.233. The molecule has 38 heavy (non-hydrogen) atoms. The van der Waals surface area contributed by atoms with Crippen LogP contribution < -0.4 is 5.32 Å². The maximum Gasteiger partial charge on any atom is 0.224 e. The molecule has 1 amide bonds. The molecule has 4 heterocycles. The standard InChI is InChI=1S/C31H30N6O/c1-4-7-30(38)36-20(2)14-22(17-32-3)23-15-26-27(35-19-23)11-13-34-31(26)29-16-25-24(9-5-10-28(25)37-29)21-8-6-12-33-18-21/h5-6,8-10,12,14-19,37H,3-4,7,11,13H2,1-2H3,(H,36,38)/b20-14+,22-17+. The van der Waals surface area contributed by atoms with Crippen LogP contribution in [0.25, 0.3) is 27.6 Å². The number of aromatic amines is 1. The maximum atomic E-state index is 12.1. The van der Waals surface area contributed by atoms with Gasteiger partial charge in [-0.05, 0) is 56.0 Å². The molecule has 1 aliphatic heterocycles. The van der Waals surface area contributed by atoms with Crippen LogP contribution in [0.3, 0.4) is 0 Å². The molecule has 0 bridgehead atoms. The second-order valence-corrected chi connectivity index (χ2v) is 9.28. The summed E-state index contributed by atoms with van der Waals surface area (Å²) < 4.78 is 0. The van der Waals surface area contributed by atoms with Crippen molar-refractivity contribution >= 4 is 34.8 Å². The Morgan fingerprint density at radius 1 is 1.18 bits per heavy atom. The minimum Gasteiger partial charge on any atom is -0.353 e. The molecule has 3 aromatic heterocycles. The number of H-pyrrole nitrogens is 1. The number of carbonyl (C=O) groups is 1. The van der Waals surface area contributed by atoms with Gasteiger partial charge in [0.25, 0.3) is 0 Å². The Bertz CT molecular complexity index is 1590. The van der Waals surface area contributed by atoms with Crippen molar-refractivity contribution in [2.75, 3.05) is 6.54 Å². The molecule has 7 nitrogen and oxygen atoms in total. The fourth-order valence-corrected chi connectivity index (χ4v) is 4.77. The van der Waals surface area contributed by atoms with Gasteiger partial charge in [0.05, 0.1) is 17.1 Å². The van der Waals surface area contributed by atoms with Gasteiger partial charge in [0.15, 0.2) is 0 Å². The Hall–Kier alpha value is -4.65. The monoisotopic (exact) mass is 502 g/mol. The van der Waals surface area contributed by atoms with E-state index in [4.69, 9.17) is 9.98 Å². The van der Waals surface area contributed by atoms with Gasteiger partial charge in [0.2, 0.25) is 5.91 Å². The topological polar surface area (TPSA) is 95.4 Å². The molecule has 0 aliphatic carbocycles. The molecule has 0 saturated heterocycles. The van der Waals surface area contributed by atoms with Gasteiger partial charge in [-0.25, -0.2) is 0 Å². The van der Waals surface area contributed by atoms with Crippen molar-refractivity contribution in [2.45, 2.75) is 33.1 Å². The van der Waals surface area contributed by atoms with Crippen molar-refractivity contribution in [3.63, 3.8) is 0 Å². The van der Waals surface area contributed by atoms with E-state index in [-0.39, 0.29) is 5.91 Å². The highest BCUT2D eigenvalue weighted by atomic mass is 16.1. The normalized spacial score (nSPS) is 13.7. The smallest absolute Gasteiger partial charge is 0.224 e. The van der Waals surface area contributed by atoms with Crippen LogP contribution in [-0.4, -0.2) is 39.8 Å². The number of hydrogen-bond acceptors (Lipinski definition) is 5. The first-order valence-corrected chi connectivity index (χ1v) is 12.8. The van der Waals surface area contributed by atoms with E-state index >= 15 is 0 Å². The van der Waals surface area contributed by atoms with Crippen molar-refractivity contribution in [1.82, 2.24) is 20.3 Å². The first-order chi connectivity index (χ1) is 18.6. The summed E-state index contributed by atoms with van der Waals surface area (Å²) in [7, 11) is 0. The number of allylic oxidation sites excluding steroid dienone is 3. The predicted molar refractivity (Wildman–Crippen MR) is 154 cm³/mol. The van der Waals surface area contributed by atoms with E-state index in [0.717, 1.165) is 74.4 Å². The SMILES string of the molecule is C=N/C=C(\C=C(/C)NC(=O)CCC)c1cnc2c(c1)C(c1cc3c(-c4cccnc4)cccc3[nH]1)=NCC2. The second kappa shape index (κ2) is 11.2. The third-order valence-electron chi connectivity index (χ3n) is 6.49. The molecule has 0 radical (unpaired) electrons. The Balaban J connectivity index is 1.53. The number of benzene rings is 1. The predicted octanol–water partition coefficient (Wildman–Crippen LogP) is 5.88. The lowest BCUT2D eigenvalue weighted by Gasteiger charge is -2.17. The van der Waals surface area contributed by atoms with Gasteiger partial charge in [-0.2, -0.15) is 0 Å². The number of hydrogen-bond donors (Lipinski definition) is 2. The molecule has 0 spiro atoms. The number of fused-ring (bicyclic) bond motifs is 2. The molecule has 0 unspecified atom stereocenters. The first-order valence-electron chi connectivity index (χ1n) is 12.8. The number of aromatic nitrogens is 3. The van der Waals surface area contributed by atoms with E-state index in [1.807, 2.05) is 38.4 Å². The Morgan fingerprint density at radius 3 is 2.87 bits per heavy atom. The van der Waals surface area contributed by atoms with Crippen LogP contribution in [0.15, 0.2) is 89.0 Å². The van der Waals surface area contributed by atoms with E-state index in [2.05, 4.69) is 63.4 Å². The highest BCUT2D eigenvalue weighted by Gasteiger charge is 2.21. The average molecular weight is 503 g/mol. The molecule has 0 saturated carbocycles. The zero-order chi connectivity index (χ0) is 26.5. The zero-order valence-corrected chi connectivity index (χ0v) is 21.7. The summed E-state index contributed by atoms with van der Waals surface area (Å²) >= 11 is 0. The third kappa shape index (κ3) is 5.22. The van der Waals surface area contributed by atoms with Crippen molar-refractivity contribution in [3.05, 3.63) is 102 Å². The van der Waals surface area contributed by atoms with Crippen LogP contribution >= 0.6 is 0 Å². The van der Waals surface area contributed by atoms with Crippen molar-refractivity contribution in [3.8, 4) is 11.1 Å². The fraction of sp³-hybridized carbons (Fsp3) is 0.194. The van der Waals surface area contributed by atoms with Crippen molar-refractivity contribution in [1.29, 1.82) is 0 Å². The van der Waals surface area contributed by atoms with Crippen LogP contribution in [0, 0.1) is 0 Å². The van der Waals surface area contributed by atoms with Gasteiger partial charge < -0.3 is 10.3 Å². The molecule has 0 atom stereocenters. The number of rotatable bonds is 8. The number of pyridine rings is 2. The molecular formula is C31H30N6O. The fourth-order valence-electron chi connectivity index (χ4n) is 4.77. The first kappa shape index (κ1) is 25.0.